The van der Waals surface area contributed by atoms with Gasteiger partial charge in [-0.1, -0.05) is 20.8 Å². The minimum Gasteiger partial charge on any atom is -0.380 e. The molecule has 0 fully saturated rings. The standard InChI is InChI=1S/C14H17N3O2S/c1-14(2,3)13-16-9-12(20-13)8-15-10-4-6-11(7-5-10)17(18)19/h4-7,9,15H,8H2,1-3H3. The maximum absolute atomic E-state index is 10.6. The number of nitrogens with one attached hydrogen (secondary N) is 1. The molecule has 0 bridgehead atoms. The van der Waals surface area contributed by atoms with Gasteiger partial charge in [-0.3, -0.25) is 10.1 Å². The lowest BCUT2D eigenvalue weighted by molar-refractivity contribution is -0.384. The van der Waals surface area contributed by atoms with Crippen LogP contribution in [0.3, 0.4) is 0 Å². The van der Waals surface area contributed by atoms with Crippen molar-refractivity contribution in [2.24, 2.45) is 0 Å². The van der Waals surface area contributed by atoms with E-state index in [4.69, 9.17) is 0 Å². The van der Waals surface area contributed by atoms with Gasteiger partial charge in [0.05, 0.1) is 16.5 Å². The summed E-state index contributed by atoms with van der Waals surface area (Å²) < 4.78 is 0. The third-order valence-corrected chi connectivity index (χ3v) is 4.16. The molecule has 1 N–H and O–H groups in total. The fraction of sp³-hybridized carbons (Fsp3) is 0.357. The lowest BCUT2D eigenvalue weighted by Crippen LogP contribution is -2.09. The number of anilines is 1. The highest BCUT2D eigenvalue weighted by Crippen LogP contribution is 2.27. The molecule has 1 heterocycles. The summed E-state index contributed by atoms with van der Waals surface area (Å²) >= 11 is 1.69. The predicted octanol–water partition coefficient (Wildman–Crippen LogP) is 3.96. The molecule has 2 aromatic rings. The Labute approximate surface area is 121 Å². The molecule has 0 aliphatic rings. The van der Waals surface area contributed by atoms with Crippen molar-refractivity contribution in [3.05, 3.63) is 50.5 Å². The highest BCUT2D eigenvalue weighted by Gasteiger charge is 2.17. The quantitative estimate of drug-likeness (QED) is 0.684. The predicted molar refractivity (Wildman–Crippen MR) is 81.2 cm³/mol. The summed E-state index contributed by atoms with van der Waals surface area (Å²) in [6.45, 7) is 7.09. The normalized spacial score (nSPS) is 11.3. The minimum absolute atomic E-state index is 0.0657. The van der Waals surface area contributed by atoms with Crippen LogP contribution in [0, 0.1) is 10.1 Å². The summed E-state index contributed by atoms with van der Waals surface area (Å²) in [5.41, 5.74) is 1.03. The maximum Gasteiger partial charge on any atom is 0.269 e. The molecule has 0 saturated carbocycles. The maximum atomic E-state index is 10.6. The van der Waals surface area contributed by atoms with E-state index < -0.39 is 4.92 Å². The Morgan fingerprint density at radius 2 is 1.95 bits per heavy atom. The van der Waals surface area contributed by atoms with Crippen LogP contribution in [0.1, 0.15) is 30.7 Å². The summed E-state index contributed by atoms with van der Waals surface area (Å²) in [6.07, 6.45) is 1.88. The van der Waals surface area contributed by atoms with E-state index in [-0.39, 0.29) is 11.1 Å². The third kappa shape index (κ3) is 3.54. The van der Waals surface area contributed by atoms with Crippen molar-refractivity contribution >= 4 is 22.7 Å². The van der Waals surface area contributed by atoms with E-state index in [1.54, 1.807) is 23.5 Å². The molecule has 0 unspecified atom stereocenters. The molecule has 5 nitrogen and oxygen atoms in total. The zero-order valence-corrected chi connectivity index (χ0v) is 12.5. The molecule has 0 aliphatic carbocycles. The molecule has 6 heteroatoms. The molecule has 0 radical (unpaired) electrons. The largest absolute Gasteiger partial charge is 0.380 e. The van der Waals surface area contributed by atoms with Crippen LogP contribution in [0.15, 0.2) is 30.5 Å². The topological polar surface area (TPSA) is 68.1 Å². The summed E-state index contributed by atoms with van der Waals surface area (Å²) in [6, 6.07) is 6.42. The van der Waals surface area contributed by atoms with Gasteiger partial charge >= 0.3 is 0 Å². The summed E-state index contributed by atoms with van der Waals surface area (Å²) in [4.78, 5) is 15.7. The first-order chi connectivity index (χ1) is 9.36. The van der Waals surface area contributed by atoms with E-state index in [0.717, 1.165) is 15.6 Å². The monoisotopic (exact) mass is 291 g/mol. The Morgan fingerprint density at radius 3 is 2.45 bits per heavy atom. The van der Waals surface area contributed by atoms with E-state index in [1.807, 2.05) is 6.20 Å². The summed E-state index contributed by atoms with van der Waals surface area (Å²) in [5, 5.41) is 14.9. The zero-order valence-electron chi connectivity index (χ0n) is 11.7. The van der Waals surface area contributed by atoms with Crippen molar-refractivity contribution < 1.29 is 4.92 Å². The number of benzene rings is 1. The molecule has 20 heavy (non-hydrogen) atoms. The Balaban J connectivity index is 1.98. The van der Waals surface area contributed by atoms with Gasteiger partial charge < -0.3 is 5.32 Å². The van der Waals surface area contributed by atoms with Gasteiger partial charge in [-0.25, -0.2) is 4.98 Å². The Hall–Kier alpha value is -1.95. The number of nitrogens with zero attached hydrogens (tertiary/aromatic N) is 2. The van der Waals surface area contributed by atoms with Crippen molar-refractivity contribution in [3.8, 4) is 0 Å². The van der Waals surface area contributed by atoms with Crippen LogP contribution in [0.5, 0.6) is 0 Å². The Kier molecular flexibility index (Phi) is 4.04. The molecule has 0 amide bonds. The summed E-state index contributed by atoms with van der Waals surface area (Å²) in [7, 11) is 0. The molecule has 1 aromatic heterocycles. The first-order valence-corrected chi connectivity index (χ1v) is 7.11. The number of nitro groups is 1. The lowest BCUT2D eigenvalue weighted by atomic mass is 9.98. The second-order valence-corrected chi connectivity index (χ2v) is 6.65. The lowest BCUT2D eigenvalue weighted by Gasteiger charge is -2.13. The van der Waals surface area contributed by atoms with Crippen molar-refractivity contribution in [2.45, 2.75) is 32.7 Å². The molecule has 0 atom stereocenters. The second-order valence-electron chi connectivity index (χ2n) is 5.54. The number of aromatic nitrogens is 1. The van der Waals surface area contributed by atoms with Gasteiger partial charge in [-0.2, -0.15) is 0 Å². The van der Waals surface area contributed by atoms with Crippen LogP contribution in [-0.4, -0.2) is 9.91 Å². The zero-order chi connectivity index (χ0) is 14.8. The van der Waals surface area contributed by atoms with E-state index in [9.17, 15) is 10.1 Å². The van der Waals surface area contributed by atoms with Gasteiger partial charge in [-0.05, 0) is 12.1 Å². The van der Waals surface area contributed by atoms with Gasteiger partial charge in [0, 0.05) is 34.3 Å². The fourth-order valence-corrected chi connectivity index (χ4v) is 2.54. The number of hydrogen-bond acceptors (Lipinski definition) is 5. The van der Waals surface area contributed by atoms with Crippen LogP contribution in [-0.2, 0) is 12.0 Å². The number of non-ortho nitro benzene ring substituents is 1. The van der Waals surface area contributed by atoms with Crippen molar-refractivity contribution in [1.82, 2.24) is 4.98 Å². The number of thiazole rings is 1. The molecule has 106 valence electrons. The van der Waals surface area contributed by atoms with Crippen molar-refractivity contribution in [1.29, 1.82) is 0 Å². The number of rotatable bonds is 4. The first-order valence-electron chi connectivity index (χ1n) is 6.30. The van der Waals surface area contributed by atoms with Crippen LogP contribution in [0.4, 0.5) is 11.4 Å². The third-order valence-electron chi connectivity index (χ3n) is 2.74. The van der Waals surface area contributed by atoms with Crippen molar-refractivity contribution in [2.75, 3.05) is 5.32 Å². The van der Waals surface area contributed by atoms with Crippen LogP contribution < -0.4 is 5.32 Å². The van der Waals surface area contributed by atoms with Crippen LogP contribution >= 0.6 is 11.3 Å². The second kappa shape index (κ2) is 5.58. The highest BCUT2D eigenvalue weighted by atomic mass is 32.1. The van der Waals surface area contributed by atoms with E-state index in [0.29, 0.717) is 6.54 Å². The molecular formula is C14H17N3O2S. The highest BCUT2D eigenvalue weighted by molar-refractivity contribution is 7.11. The van der Waals surface area contributed by atoms with E-state index in [1.165, 1.54) is 12.1 Å². The van der Waals surface area contributed by atoms with Gasteiger partial charge in [0.15, 0.2) is 0 Å². The molecular weight excluding hydrogens is 274 g/mol. The van der Waals surface area contributed by atoms with Gasteiger partial charge in [0.25, 0.3) is 5.69 Å². The fourth-order valence-electron chi connectivity index (χ4n) is 1.63. The van der Waals surface area contributed by atoms with E-state index in [2.05, 4.69) is 31.1 Å². The van der Waals surface area contributed by atoms with Gasteiger partial charge in [0.1, 0.15) is 0 Å². The molecule has 1 aromatic carbocycles. The molecule has 0 saturated heterocycles. The van der Waals surface area contributed by atoms with Gasteiger partial charge in [-0.15, -0.1) is 11.3 Å². The first kappa shape index (κ1) is 14.5. The summed E-state index contributed by atoms with van der Waals surface area (Å²) in [5.74, 6) is 0. The average Bonchev–Trinajstić information content (AvgIpc) is 2.85. The number of nitro benzene ring substituents is 1. The van der Waals surface area contributed by atoms with E-state index >= 15 is 0 Å². The number of hydrogen-bond donors (Lipinski definition) is 1. The smallest absolute Gasteiger partial charge is 0.269 e. The molecule has 2 rings (SSSR count). The van der Waals surface area contributed by atoms with Crippen LogP contribution in [0.25, 0.3) is 0 Å². The van der Waals surface area contributed by atoms with Gasteiger partial charge in [0.2, 0.25) is 0 Å². The van der Waals surface area contributed by atoms with Crippen LogP contribution in [0.2, 0.25) is 0 Å². The Morgan fingerprint density at radius 1 is 1.30 bits per heavy atom. The van der Waals surface area contributed by atoms with Crippen molar-refractivity contribution in [3.63, 3.8) is 0 Å². The average molecular weight is 291 g/mol. The molecule has 0 aliphatic heterocycles. The Bertz CT molecular complexity index is 600. The SMILES string of the molecule is CC(C)(C)c1ncc(CNc2ccc([N+](=O)[O-])cc2)s1. The minimum atomic E-state index is -0.400. The molecule has 0 spiro atoms.